The predicted octanol–water partition coefficient (Wildman–Crippen LogP) is 3.59. The van der Waals surface area contributed by atoms with Gasteiger partial charge in [0.15, 0.2) is 0 Å². The minimum Gasteiger partial charge on any atom is -0.368 e. The number of rotatable bonds is 4. The minimum atomic E-state index is 0.0573. The molecule has 0 saturated heterocycles. The maximum absolute atomic E-state index is 6.18. The van der Waals surface area contributed by atoms with E-state index in [1.54, 1.807) is 17.0 Å². The summed E-state index contributed by atoms with van der Waals surface area (Å²) in [4.78, 5) is 18.8. The Morgan fingerprint density at radius 1 is 0.889 bits per heavy atom. The third-order valence-corrected chi connectivity index (χ3v) is 4.14. The number of aromatic nitrogens is 5. The van der Waals surface area contributed by atoms with Gasteiger partial charge in [-0.2, -0.15) is 19.9 Å². The fourth-order valence-electron chi connectivity index (χ4n) is 2.46. The lowest BCUT2D eigenvalue weighted by atomic mass is 10.2. The molecule has 0 amide bonds. The summed E-state index contributed by atoms with van der Waals surface area (Å²) in [6.07, 6.45) is 0. The first-order valence-electron chi connectivity index (χ1n) is 8.01. The zero-order valence-electron chi connectivity index (χ0n) is 14.2. The van der Waals surface area contributed by atoms with Crippen LogP contribution in [-0.4, -0.2) is 32.1 Å². The molecule has 0 radical (unpaired) electrons. The maximum Gasteiger partial charge on any atom is 0.259 e. The third kappa shape index (κ3) is 3.42. The molecule has 9 heteroatoms. The Balaban J connectivity index is 1.71. The Kier molecular flexibility index (Phi) is 4.39. The van der Waals surface area contributed by atoms with Crippen molar-refractivity contribution in [2.45, 2.75) is 0 Å². The summed E-state index contributed by atoms with van der Waals surface area (Å²) in [5.41, 5.74) is 7.39. The van der Waals surface area contributed by atoms with Gasteiger partial charge in [0.2, 0.25) is 23.5 Å². The molecule has 8 nitrogen and oxygen atoms in total. The standard InChI is InChI=1S/C18H14ClN7O/c1-26(11-7-3-2-4-8-11)18-23-14(22-17(20)24-18)15-21-16(27-25-15)12-9-5-6-10-13(12)19/h2-10H,1H3,(H2,20,22,23,24). The maximum atomic E-state index is 6.18. The van der Waals surface area contributed by atoms with Crippen molar-refractivity contribution >= 4 is 29.2 Å². The van der Waals surface area contributed by atoms with Crippen molar-refractivity contribution in [2.75, 3.05) is 17.7 Å². The van der Waals surface area contributed by atoms with Gasteiger partial charge >= 0.3 is 0 Å². The van der Waals surface area contributed by atoms with Crippen LogP contribution >= 0.6 is 11.6 Å². The molecule has 0 bridgehead atoms. The number of hydrogen-bond acceptors (Lipinski definition) is 8. The Hall–Kier alpha value is -3.52. The van der Waals surface area contributed by atoms with Gasteiger partial charge in [0.25, 0.3) is 5.89 Å². The van der Waals surface area contributed by atoms with E-state index in [0.717, 1.165) is 5.69 Å². The highest BCUT2D eigenvalue weighted by molar-refractivity contribution is 6.33. The van der Waals surface area contributed by atoms with Gasteiger partial charge in [0.05, 0.1) is 10.6 Å². The van der Waals surface area contributed by atoms with Gasteiger partial charge in [0.1, 0.15) is 0 Å². The first kappa shape index (κ1) is 16.9. The SMILES string of the molecule is CN(c1ccccc1)c1nc(N)nc(-c2noc(-c3ccccc3Cl)n2)n1. The van der Waals surface area contributed by atoms with Crippen molar-refractivity contribution in [3.8, 4) is 23.1 Å². The highest BCUT2D eigenvalue weighted by Crippen LogP contribution is 2.28. The Bertz CT molecular complexity index is 1080. The highest BCUT2D eigenvalue weighted by Gasteiger charge is 2.18. The summed E-state index contributed by atoms with van der Waals surface area (Å²) in [6.45, 7) is 0. The number of nitrogens with two attached hydrogens (primary N) is 1. The molecule has 2 heterocycles. The molecule has 0 atom stereocenters. The summed E-state index contributed by atoms with van der Waals surface area (Å²) in [5, 5.41) is 4.45. The average molecular weight is 380 g/mol. The molecule has 0 unspecified atom stereocenters. The lowest BCUT2D eigenvalue weighted by molar-refractivity contribution is 0.432. The topological polar surface area (TPSA) is 107 Å². The molecule has 4 rings (SSSR count). The van der Waals surface area contributed by atoms with E-state index in [1.807, 2.05) is 49.5 Å². The first-order valence-corrected chi connectivity index (χ1v) is 8.39. The van der Waals surface area contributed by atoms with Crippen LogP contribution in [-0.2, 0) is 0 Å². The molecule has 0 spiro atoms. The highest BCUT2D eigenvalue weighted by atomic mass is 35.5. The number of nitrogen functional groups attached to an aromatic ring is 1. The molecule has 2 aromatic heterocycles. The summed E-state index contributed by atoms with van der Waals surface area (Å²) in [5.74, 6) is 1.10. The molecule has 0 aliphatic heterocycles. The summed E-state index contributed by atoms with van der Waals surface area (Å²) < 4.78 is 5.31. The third-order valence-electron chi connectivity index (χ3n) is 3.81. The van der Waals surface area contributed by atoms with Gasteiger partial charge in [0, 0.05) is 12.7 Å². The molecule has 4 aromatic rings. The Morgan fingerprint density at radius 3 is 2.41 bits per heavy atom. The van der Waals surface area contributed by atoms with Crippen LogP contribution in [0.15, 0.2) is 59.1 Å². The van der Waals surface area contributed by atoms with Crippen LogP contribution in [0.3, 0.4) is 0 Å². The minimum absolute atomic E-state index is 0.0573. The molecule has 0 aliphatic carbocycles. The van der Waals surface area contributed by atoms with Crippen LogP contribution < -0.4 is 10.6 Å². The van der Waals surface area contributed by atoms with Gasteiger partial charge in [-0.1, -0.05) is 47.1 Å². The number of halogens is 1. The largest absolute Gasteiger partial charge is 0.368 e. The molecular formula is C18H14ClN7O. The molecular weight excluding hydrogens is 366 g/mol. The van der Waals surface area contributed by atoms with Crippen LogP contribution in [0, 0.1) is 0 Å². The van der Waals surface area contributed by atoms with E-state index in [2.05, 4.69) is 25.1 Å². The smallest absolute Gasteiger partial charge is 0.259 e. The monoisotopic (exact) mass is 379 g/mol. The van der Waals surface area contributed by atoms with Crippen molar-refractivity contribution in [1.82, 2.24) is 25.1 Å². The van der Waals surface area contributed by atoms with Crippen LogP contribution in [0.4, 0.5) is 17.6 Å². The second-order valence-electron chi connectivity index (χ2n) is 5.61. The normalized spacial score (nSPS) is 10.7. The van der Waals surface area contributed by atoms with Crippen molar-refractivity contribution < 1.29 is 4.52 Å². The number of para-hydroxylation sites is 1. The van der Waals surface area contributed by atoms with Gasteiger partial charge in [-0.05, 0) is 24.3 Å². The Morgan fingerprint density at radius 2 is 1.63 bits per heavy atom. The lowest BCUT2D eigenvalue weighted by Crippen LogP contribution is -2.15. The second-order valence-corrected chi connectivity index (χ2v) is 6.02. The fraction of sp³-hybridized carbons (Fsp3) is 0.0556. The lowest BCUT2D eigenvalue weighted by Gasteiger charge is -2.17. The molecule has 27 heavy (non-hydrogen) atoms. The first-order chi connectivity index (χ1) is 13.1. The fourth-order valence-corrected chi connectivity index (χ4v) is 2.67. The summed E-state index contributed by atoms with van der Waals surface area (Å²) in [7, 11) is 1.83. The van der Waals surface area contributed by atoms with Crippen LogP contribution in [0.5, 0.6) is 0 Å². The summed E-state index contributed by atoms with van der Waals surface area (Å²) in [6, 6.07) is 16.8. The number of anilines is 3. The number of nitrogens with zero attached hydrogens (tertiary/aromatic N) is 6. The van der Waals surface area contributed by atoms with Crippen molar-refractivity contribution in [1.29, 1.82) is 0 Å². The van der Waals surface area contributed by atoms with Crippen LogP contribution in [0.1, 0.15) is 0 Å². The summed E-state index contributed by atoms with van der Waals surface area (Å²) >= 11 is 6.18. The van der Waals surface area contributed by atoms with Crippen LogP contribution in [0.25, 0.3) is 23.1 Å². The Labute approximate surface area is 159 Å². The molecule has 0 fully saturated rings. The number of hydrogen-bond donors (Lipinski definition) is 1. The van der Waals surface area contributed by atoms with Gasteiger partial charge < -0.3 is 15.2 Å². The molecule has 134 valence electrons. The van der Waals surface area contributed by atoms with Crippen molar-refractivity contribution in [2.24, 2.45) is 0 Å². The molecule has 2 N–H and O–H groups in total. The number of benzene rings is 2. The average Bonchev–Trinajstić information content (AvgIpc) is 3.18. The van der Waals surface area contributed by atoms with Gasteiger partial charge in [-0.3, -0.25) is 0 Å². The second kappa shape index (κ2) is 7.00. The van der Waals surface area contributed by atoms with Gasteiger partial charge in [-0.25, -0.2) is 0 Å². The molecule has 2 aromatic carbocycles. The van der Waals surface area contributed by atoms with E-state index in [0.29, 0.717) is 16.5 Å². The van der Waals surface area contributed by atoms with E-state index < -0.39 is 0 Å². The van der Waals surface area contributed by atoms with Gasteiger partial charge in [-0.15, -0.1) is 0 Å². The predicted molar refractivity (Wildman–Crippen MR) is 102 cm³/mol. The van der Waals surface area contributed by atoms with E-state index in [4.69, 9.17) is 21.9 Å². The zero-order chi connectivity index (χ0) is 18.8. The van der Waals surface area contributed by atoms with Crippen molar-refractivity contribution in [3.05, 3.63) is 59.6 Å². The van der Waals surface area contributed by atoms with Crippen LogP contribution in [0.2, 0.25) is 5.02 Å². The van der Waals surface area contributed by atoms with E-state index >= 15 is 0 Å². The molecule has 0 aliphatic rings. The molecule has 0 saturated carbocycles. The van der Waals surface area contributed by atoms with E-state index in [1.165, 1.54) is 0 Å². The van der Waals surface area contributed by atoms with Crippen molar-refractivity contribution in [3.63, 3.8) is 0 Å². The van der Waals surface area contributed by atoms with E-state index in [-0.39, 0.29) is 23.5 Å². The zero-order valence-corrected chi connectivity index (χ0v) is 15.0. The quantitative estimate of drug-likeness (QED) is 0.573. The van der Waals surface area contributed by atoms with E-state index in [9.17, 15) is 0 Å².